The third-order valence-corrected chi connectivity index (χ3v) is 3.73. The Kier molecular flexibility index (Phi) is 3.48. The van der Waals surface area contributed by atoms with Crippen LogP contribution < -0.4 is 5.73 Å². The van der Waals surface area contributed by atoms with Gasteiger partial charge in [-0.2, -0.15) is 0 Å². The van der Waals surface area contributed by atoms with Crippen LogP contribution in [0.4, 0.5) is 5.82 Å². The molecule has 0 saturated heterocycles. The summed E-state index contributed by atoms with van der Waals surface area (Å²) in [5.74, 6) is -0.877. The maximum absolute atomic E-state index is 11.7. The smallest absolute Gasteiger partial charge is 0.358 e. The van der Waals surface area contributed by atoms with Crippen molar-refractivity contribution in [2.75, 3.05) is 18.6 Å². The van der Waals surface area contributed by atoms with Gasteiger partial charge in [0.2, 0.25) is 0 Å². The van der Waals surface area contributed by atoms with Gasteiger partial charge in [0.05, 0.1) is 12.9 Å². The molecule has 88 valence electrons. The number of nitrogens with zero attached hydrogens (tertiary/aromatic N) is 1. The van der Waals surface area contributed by atoms with E-state index in [1.165, 1.54) is 19.1 Å². The Morgan fingerprint density at radius 3 is 2.62 bits per heavy atom. The number of nitrogens with two attached hydrogens (primary N) is 1. The molecule has 0 aromatic carbocycles. The Morgan fingerprint density at radius 2 is 2.12 bits per heavy atom. The lowest BCUT2D eigenvalue weighted by Crippen LogP contribution is -2.15. The summed E-state index contributed by atoms with van der Waals surface area (Å²) in [5.41, 5.74) is 5.12. The molecule has 7 heteroatoms. The van der Waals surface area contributed by atoms with Crippen molar-refractivity contribution in [3.63, 3.8) is 0 Å². The molecular formula is C9H12N2O4S. The summed E-state index contributed by atoms with van der Waals surface area (Å²) in [6.45, 7) is 1.48. The van der Waals surface area contributed by atoms with Crippen molar-refractivity contribution >= 4 is 21.6 Å². The first-order valence-corrected chi connectivity index (χ1v) is 6.15. The maximum atomic E-state index is 11.7. The van der Waals surface area contributed by atoms with E-state index in [2.05, 4.69) is 9.72 Å². The normalized spacial score (nSPS) is 11.1. The Hall–Kier alpha value is -1.63. The molecule has 1 rings (SSSR count). The second-order valence-corrected chi connectivity index (χ2v) is 5.22. The van der Waals surface area contributed by atoms with Crippen LogP contribution in [0.25, 0.3) is 0 Å². The van der Waals surface area contributed by atoms with E-state index in [-0.39, 0.29) is 22.2 Å². The number of anilines is 1. The molecule has 0 atom stereocenters. The molecule has 0 aliphatic rings. The standard InChI is InChI=1S/C9H12N2O4S/c1-3-16(13,14)6-4-5-7(10)11-8(6)9(12)15-2/h4-5H,3H2,1-2H3,(H2,10,11). The van der Waals surface area contributed by atoms with Gasteiger partial charge in [-0.3, -0.25) is 0 Å². The van der Waals surface area contributed by atoms with Crippen molar-refractivity contribution in [2.24, 2.45) is 0 Å². The van der Waals surface area contributed by atoms with Crippen LogP contribution in [0.5, 0.6) is 0 Å². The van der Waals surface area contributed by atoms with Gasteiger partial charge in [-0.1, -0.05) is 6.92 Å². The minimum Gasteiger partial charge on any atom is -0.464 e. The van der Waals surface area contributed by atoms with E-state index in [0.717, 1.165) is 7.11 Å². The van der Waals surface area contributed by atoms with Crippen LogP contribution in [0.15, 0.2) is 17.0 Å². The predicted molar refractivity (Wildman–Crippen MR) is 57.7 cm³/mol. The number of nitrogen functional groups attached to an aromatic ring is 1. The number of hydrogen-bond acceptors (Lipinski definition) is 6. The molecule has 1 aromatic heterocycles. The van der Waals surface area contributed by atoms with Crippen molar-refractivity contribution < 1.29 is 17.9 Å². The minimum atomic E-state index is -3.52. The molecule has 0 bridgehead atoms. The lowest BCUT2D eigenvalue weighted by atomic mass is 10.3. The van der Waals surface area contributed by atoms with Crippen molar-refractivity contribution in [1.82, 2.24) is 4.98 Å². The van der Waals surface area contributed by atoms with Gasteiger partial charge in [0.1, 0.15) is 10.7 Å². The topological polar surface area (TPSA) is 99.4 Å². The third kappa shape index (κ3) is 2.30. The quantitative estimate of drug-likeness (QED) is 0.765. The highest BCUT2D eigenvalue weighted by atomic mass is 32.2. The minimum absolute atomic E-state index is 0.0652. The molecule has 1 heterocycles. The van der Waals surface area contributed by atoms with Crippen molar-refractivity contribution in [3.05, 3.63) is 17.8 Å². The van der Waals surface area contributed by atoms with Gasteiger partial charge in [-0.25, -0.2) is 18.2 Å². The number of methoxy groups -OCH3 is 1. The summed E-state index contributed by atoms with van der Waals surface area (Å²) in [6.07, 6.45) is 0. The molecule has 0 unspecified atom stereocenters. The van der Waals surface area contributed by atoms with Crippen LogP contribution in [0, 0.1) is 0 Å². The second kappa shape index (κ2) is 4.48. The fourth-order valence-corrected chi connectivity index (χ4v) is 2.12. The lowest BCUT2D eigenvalue weighted by molar-refractivity contribution is 0.0589. The highest BCUT2D eigenvalue weighted by Crippen LogP contribution is 2.17. The van der Waals surface area contributed by atoms with Gasteiger partial charge in [-0.15, -0.1) is 0 Å². The Bertz CT molecular complexity index is 510. The monoisotopic (exact) mass is 244 g/mol. The van der Waals surface area contributed by atoms with Crippen LogP contribution in [0.3, 0.4) is 0 Å². The Morgan fingerprint density at radius 1 is 1.50 bits per heavy atom. The average molecular weight is 244 g/mol. The molecule has 1 aromatic rings. The van der Waals surface area contributed by atoms with Crippen LogP contribution in [-0.2, 0) is 14.6 Å². The molecule has 2 N–H and O–H groups in total. The molecule has 0 saturated carbocycles. The fraction of sp³-hybridized carbons (Fsp3) is 0.333. The van der Waals surface area contributed by atoms with E-state index in [1.54, 1.807) is 0 Å². The van der Waals surface area contributed by atoms with Gasteiger partial charge in [0.25, 0.3) is 0 Å². The average Bonchev–Trinajstić information content (AvgIpc) is 2.27. The zero-order chi connectivity index (χ0) is 12.3. The van der Waals surface area contributed by atoms with Gasteiger partial charge in [0.15, 0.2) is 15.5 Å². The molecule has 0 radical (unpaired) electrons. The summed E-state index contributed by atoms with van der Waals surface area (Å²) in [4.78, 5) is 14.9. The summed E-state index contributed by atoms with van der Waals surface area (Å²) in [6, 6.07) is 2.59. The predicted octanol–water partition coefficient (Wildman–Crippen LogP) is 0.244. The van der Waals surface area contributed by atoms with Crippen LogP contribution >= 0.6 is 0 Å². The zero-order valence-corrected chi connectivity index (χ0v) is 9.74. The highest BCUT2D eigenvalue weighted by Gasteiger charge is 2.23. The van der Waals surface area contributed by atoms with E-state index in [9.17, 15) is 13.2 Å². The second-order valence-electron chi connectivity index (χ2n) is 2.98. The highest BCUT2D eigenvalue weighted by molar-refractivity contribution is 7.91. The van der Waals surface area contributed by atoms with Crippen LogP contribution in [0.1, 0.15) is 17.4 Å². The van der Waals surface area contributed by atoms with E-state index < -0.39 is 15.8 Å². The SMILES string of the molecule is CCS(=O)(=O)c1ccc(N)nc1C(=O)OC. The first-order valence-electron chi connectivity index (χ1n) is 4.50. The molecule has 0 amide bonds. The number of aromatic nitrogens is 1. The van der Waals surface area contributed by atoms with Crippen molar-refractivity contribution in [1.29, 1.82) is 0 Å². The van der Waals surface area contributed by atoms with Crippen LogP contribution in [-0.4, -0.2) is 32.2 Å². The molecule has 6 nitrogen and oxygen atoms in total. The number of pyridine rings is 1. The number of hydrogen-bond donors (Lipinski definition) is 1. The Balaban J connectivity index is 3.46. The molecule has 0 spiro atoms. The summed E-state index contributed by atoms with van der Waals surface area (Å²) >= 11 is 0. The number of carbonyl (C=O) groups is 1. The lowest BCUT2D eigenvalue weighted by Gasteiger charge is -2.07. The number of esters is 1. The third-order valence-electron chi connectivity index (χ3n) is 1.97. The van der Waals surface area contributed by atoms with Crippen molar-refractivity contribution in [3.8, 4) is 0 Å². The summed E-state index contributed by atoms with van der Waals surface area (Å²) in [7, 11) is -2.37. The molecule has 0 fully saturated rings. The molecule has 0 aliphatic carbocycles. The number of sulfone groups is 1. The van der Waals surface area contributed by atoms with Gasteiger partial charge < -0.3 is 10.5 Å². The van der Waals surface area contributed by atoms with Gasteiger partial charge >= 0.3 is 5.97 Å². The van der Waals surface area contributed by atoms with Crippen molar-refractivity contribution in [2.45, 2.75) is 11.8 Å². The van der Waals surface area contributed by atoms with E-state index in [4.69, 9.17) is 5.73 Å². The molecule has 0 aliphatic heterocycles. The van der Waals surface area contributed by atoms with E-state index in [1.807, 2.05) is 0 Å². The maximum Gasteiger partial charge on any atom is 0.358 e. The first-order chi connectivity index (χ1) is 7.42. The summed E-state index contributed by atoms with van der Waals surface area (Å²) < 4.78 is 27.8. The van der Waals surface area contributed by atoms with Gasteiger partial charge in [-0.05, 0) is 12.1 Å². The fourth-order valence-electron chi connectivity index (χ4n) is 1.11. The first kappa shape index (κ1) is 12.4. The van der Waals surface area contributed by atoms with E-state index >= 15 is 0 Å². The van der Waals surface area contributed by atoms with E-state index in [0.29, 0.717) is 0 Å². The number of rotatable bonds is 3. The summed E-state index contributed by atoms with van der Waals surface area (Å²) in [5, 5.41) is 0. The largest absolute Gasteiger partial charge is 0.464 e. The Labute approximate surface area is 93.4 Å². The molecule has 16 heavy (non-hydrogen) atoms. The number of carbonyl (C=O) groups excluding carboxylic acids is 1. The van der Waals surface area contributed by atoms with Crippen LogP contribution in [0.2, 0.25) is 0 Å². The van der Waals surface area contributed by atoms with Gasteiger partial charge in [0, 0.05) is 0 Å². The molecular weight excluding hydrogens is 232 g/mol. The zero-order valence-electron chi connectivity index (χ0n) is 8.93. The number of ether oxygens (including phenoxy) is 1.